The number of thiophene rings is 1. The monoisotopic (exact) mass is 343 g/mol. The smallest absolute Gasteiger partial charge is 0.0736 e. The van der Waals surface area contributed by atoms with Crippen LogP contribution in [0, 0.1) is 6.92 Å². The second-order valence-electron chi connectivity index (χ2n) is 6.93. The molecule has 24 heavy (non-hydrogen) atoms. The molecule has 0 aromatic carbocycles. The van der Waals surface area contributed by atoms with Gasteiger partial charge in [-0.05, 0) is 37.1 Å². The molecule has 2 fully saturated rings. The molecule has 0 radical (unpaired) electrons. The standard InChI is InChI=1S/C19H25N3OS/c1-15-4-5-19(24-15)13-21-7-8-22-12-18(9-17(22)11-21)23-14-16-3-2-6-20-10-16/h2-6,10,17-18H,7-9,11-14H2,1H3/t17-,18+/m1/s1. The molecular weight excluding hydrogens is 318 g/mol. The van der Waals surface area contributed by atoms with Gasteiger partial charge in [-0.15, -0.1) is 11.3 Å². The maximum absolute atomic E-state index is 6.14. The van der Waals surface area contributed by atoms with E-state index in [1.165, 1.54) is 29.4 Å². The first-order valence-corrected chi connectivity index (χ1v) is 9.60. The van der Waals surface area contributed by atoms with Crippen molar-refractivity contribution in [2.24, 2.45) is 0 Å². The van der Waals surface area contributed by atoms with Crippen LogP contribution in [0.15, 0.2) is 36.7 Å². The highest BCUT2D eigenvalue weighted by Gasteiger charge is 2.36. The van der Waals surface area contributed by atoms with Crippen molar-refractivity contribution in [2.45, 2.75) is 38.6 Å². The molecule has 4 heterocycles. The lowest BCUT2D eigenvalue weighted by Gasteiger charge is -2.37. The Morgan fingerprint density at radius 1 is 1.25 bits per heavy atom. The van der Waals surface area contributed by atoms with Crippen LogP contribution in [0.5, 0.6) is 0 Å². The quantitative estimate of drug-likeness (QED) is 0.835. The number of hydrogen-bond donors (Lipinski definition) is 0. The van der Waals surface area contributed by atoms with Crippen LogP contribution in [0.4, 0.5) is 0 Å². The third-order valence-electron chi connectivity index (χ3n) is 5.05. The number of aromatic nitrogens is 1. The van der Waals surface area contributed by atoms with Crippen molar-refractivity contribution >= 4 is 11.3 Å². The summed E-state index contributed by atoms with van der Waals surface area (Å²) >= 11 is 1.93. The number of rotatable bonds is 5. The fraction of sp³-hybridized carbons (Fsp3) is 0.526. The van der Waals surface area contributed by atoms with Crippen LogP contribution in [-0.2, 0) is 17.9 Å². The lowest BCUT2D eigenvalue weighted by Crippen LogP contribution is -2.49. The highest BCUT2D eigenvalue weighted by atomic mass is 32.1. The van der Waals surface area contributed by atoms with Gasteiger partial charge in [0, 0.05) is 60.9 Å². The van der Waals surface area contributed by atoms with Crippen molar-refractivity contribution in [3.63, 3.8) is 0 Å². The van der Waals surface area contributed by atoms with E-state index in [4.69, 9.17) is 4.74 Å². The van der Waals surface area contributed by atoms with Crippen LogP contribution in [0.2, 0.25) is 0 Å². The summed E-state index contributed by atoms with van der Waals surface area (Å²) in [5.41, 5.74) is 1.16. The average molecular weight is 343 g/mol. The van der Waals surface area contributed by atoms with Gasteiger partial charge in [-0.3, -0.25) is 14.8 Å². The molecule has 0 N–H and O–H groups in total. The molecule has 2 atom stereocenters. The fourth-order valence-electron chi connectivity index (χ4n) is 3.81. The highest BCUT2D eigenvalue weighted by Crippen LogP contribution is 2.26. The number of piperazine rings is 1. The Balaban J connectivity index is 1.27. The molecule has 128 valence electrons. The minimum absolute atomic E-state index is 0.360. The minimum Gasteiger partial charge on any atom is -0.372 e. The van der Waals surface area contributed by atoms with Crippen LogP contribution in [0.1, 0.15) is 21.7 Å². The zero-order valence-electron chi connectivity index (χ0n) is 14.2. The van der Waals surface area contributed by atoms with Crippen LogP contribution < -0.4 is 0 Å². The highest BCUT2D eigenvalue weighted by molar-refractivity contribution is 7.11. The van der Waals surface area contributed by atoms with Crippen molar-refractivity contribution in [1.82, 2.24) is 14.8 Å². The van der Waals surface area contributed by atoms with E-state index in [9.17, 15) is 0 Å². The molecule has 2 aromatic rings. The van der Waals surface area contributed by atoms with E-state index in [2.05, 4.69) is 39.9 Å². The number of ether oxygens (including phenoxy) is 1. The molecule has 2 aromatic heterocycles. The Hall–Kier alpha value is -1.27. The predicted octanol–water partition coefficient (Wildman–Crippen LogP) is 2.93. The summed E-state index contributed by atoms with van der Waals surface area (Å²) < 4.78 is 6.14. The molecule has 2 saturated heterocycles. The summed E-state index contributed by atoms with van der Waals surface area (Å²) in [4.78, 5) is 12.3. The van der Waals surface area contributed by atoms with Crippen molar-refractivity contribution in [3.8, 4) is 0 Å². The van der Waals surface area contributed by atoms with E-state index in [1.54, 1.807) is 0 Å². The normalized spacial score (nSPS) is 25.0. The van der Waals surface area contributed by atoms with Gasteiger partial charge in [0.05, 0.1) is 12.7 Å². The third kappa shape index (κ3) is 3.86. The molecule has 4 rings (SSSR count). The van der Waals surface area contributed by atoms with E-state index in [0.29, 0.717) is 18.8 Å². The summed E-state index contributed by atoms with van der Waals surface area (Å²) in [7, 11) is 0. The second kappa shape index (κ2) is 7.31. The van der Waals surface area contributed by atoms with Gasteiger partial charge < -0.3 is 4.74 Å². The third-order valence-corrected chi connectivity index (χ3v) is 6.03. The summed E-state index contributed by atoms with van der Waals surface area (Å²) in [5, 5.41) is 0. The van der Waals surface area contributed by atoms with Gasteiger partial charge in [-0.25, -0.2) is 0 Å². The first kappa shape index (κ1) is 16.2. The van der Waals surface area contributed by atoms with Gasteiger partial charge in [0.25, 0.3) is 0 Å². The molecule has 0 amide bonds. The number of aryl methyl sites for hydroxylation is 1. The second-order valence-corrected chi connectivity index (χ2v) is 8.30. The molecule has 2 aliphatic rings. The summed E-state index contributed by atoms with van der Waals surface area (Å²) in [6.45, 7) is 8.56. The number of nitrogens with zero attached hydrogens (tertiary/aromatic N) is 3. The average Bonchev–Trinajstić information content (AvgIpc) is 3.19. The van der Waals surface area contributed by atoms with Gasteiger partial charge in [0.1, 0.15) is 0 Å². The van der Waals surface area contributed by atoms with Crippen molar-refractivity contribution in [1.29, 1.82) is 0 Å². The Bertz CT molecular complexity index is 660. The summed E-state index contributed by atoms with van der Waals surface area (Å²) in [5.74, 6) is 0. The maximum atomic E-state index is 6.14. The van der Waals surface area contributed by atoms with Gasteiger partial charge in [-0.2, -0.15) is 0 Å². The van der Waals surface area contributed by atoms with Gasteiger partial charge >= 0.3 is 0 Å². The largest absolute Gasteiger partial charge is 0.372 e. The van der Waals surface area contributed by atoms with Gasteiger partial charge in [-0.1, -0.05) is 6.07 Å². The van der Waals surface area contributed by atoms with Crippen molar-refractivity contribution in [2.75, 3.05) is 26.2 Å². The van der Waals surface area contributed by atoms with Crippen molar-refractivity contribution in [3.05, 3.63) is 52.0 Å². The summed E-state index contributed by atoms with van der Waals surface area (Å²) in [6, 6.07) is 9.22. The predicted molar refractivity (Wildman–Crippen MR) is 97.1 cm³/mol. The minimum atomic E-state index is 0.360. The Morgan fingerprint density at radius 2 is 2.21 bits per heavy atom. The first-order valence-electron chi connectivity index (χ1n) is 8.78. The molecule has 0 unspecified atom stereocenters. The Morgan fingerprint density at radius 3 is 3.00 bits per heavy atom. The molecular formula is C19H25N3OS. The van der Waals surface area contributed by atoms with Gasteiger partial charge in [0.15, 0.2) is 0 Å². The molecule has 5 heteroatoms. The molecule has 0 spiro atoms. The number of pyridine rings is 1. The number of hydrogen-bond acceptors (Lipinski definition) is 5. The summed E-state index contributed by atoms with van der Waals surface area (Å²) in [6.07, 6.45) is 5.22. The van der Waals surface area contributed by atoms with E-state index in [1.807, 2.05) is 29.8 Å². The van der Waals surface area contributed by atoms with E-state index in [-0.39, 0.29) is 0 Å². The fourth-order valence-corrected chi connectivity index (χ4v) is 4.75. The Labute approximate surface area is 148 Å². The topological polar surface area (TPSA) is 28.6 Å². The van der Waals surface area contributed by atoms with Gasteiger partial charge in [0.2, 0.25) is 0 Å². The van der Waals surface area contributed by atoms with Crippen LogP contribution >= 0.6 is 11.3 Å². The molecule has 0 bridgehead atoms. The lowest BCUT2D eigenvalue weighted by molar-refractivity contribution is 0.0457. The van der Waals surface area contributed by atoms with Crippen molar-refractivity contribution < 1.29 is 4.74 Å². The molecule has 2 aliphatic heterocycles. The van der Waals surface area contributed by atoms with Crippen LogP contribution in [0.3, 0.4) is 0 Å². The maximum Gasteiger partial charge on any atom is 0.0736 e. The number of fused-ring (bicyclic) bond motifs is 1. The zero-order chi connectivity index (χ0) is 16.4. The van der Waals surface area contributed by atoms with Crippen LogP contribution in [0.25, 0.3) is 0 Å². The van der Waals surface area contributed by atoms with E-state index >= 15 is 0 Å². The van der Waals surface area contributed by atoms with Crippen LogP contribution in [-0.4, -0.2) is 53.1 Å². The molecule has 4 nitrogen and oxygen atoms in total. The lowest BCUT2D eigenvalue weighted by atomic mass is 10.1. The molecule has 0 saturated carbocycles. The Kier molecular flexibility index (Phi) is 4.94. The van der Waals surface area contributed by atoms with E-state index < -0.39 is 0 Å². The zero-order valence-corrected chi connectivity index (χ0v) is 15.0. The van der Waals surface area contributed by atoms with E-state index in [0.717, 1.165) is 25.1 Å². The first-order chi connectivity index (χ1) is 11.8. The SMILES string of the molecule is Cc1ccc(CN2CCN3C[C@@H](OCc4cccnc4)C[C@@H]3C2)s1. The molecule has 0 aliphatic carbocycles.